The van der Waals surface area contributed by atoms with Crippen LogP contribution in [0.3, 0.4) is 0 Å². The summed E-state index contributed by atoms with van der Waals surface area (Å²) in [7, 11) is 0. The third-order valence-electron chi connectivity index (χ3n) is 3.75. The zero-order chi connectivity index (χ0) is 17.6. The second-order valence-corrected chi connectivity index (χ2v) is 6.50. The van der Waals surface area contributed by atoms with E-state index in [2.05, 4.69) is 10.3 Å². The maximum atomic E-state index is 12.4. The summed E-state index contributed by atoms with van der Waals surface area (Å²) in [6.45, 7) is 1.33. The van der Waals surface area contributed by atoms with Crippen LogP contribution in [-0.2, 0) is 11.3 Å². The Morgan fingerprint density at radius 1 is 1.40 bits per heavy atom. The molecule has 1 aliphatic rings. The molecule has 25 heavy (non-hydrogen) atoms. The predicted molar refractivity (Wildman–Crippen MR) is 91.2 cm³/mol. The van der Waals surface area contributed by atoms with Gasteiger partial charge in [-0.3, -0.25) is 4.79 Å². The lowest BCUT2D eigenvalue weighted by atomic mass is 10.2. The molecular formula is C17H18N2O5S. The number of benzene rings is 1. The number of ether oxygens (including phenoxy) is 2. The number of nitrogens with one attached hydrogen (secondary N) is 1. The molecule has 3 rings (SSSR count). The smallest absolute Gasteiger partial charge is 0.355 e. The van der Waals surface area contributed by atoms with Crippen molar-refractivity contribution in [2.24, 2.45) is 0 Å². The van der Waals surface area contributed by atoms with Crippen LogP contribution in [0.25, 0.3) is 0 Å². The molecule has 1 aromatic carbocycles. The number of aromatic nitrogens is 1. The van der Waals surface area contributed by atoms with Crippen LogP contribution in [-0.4, -0.2) is 41.3 Å². The van der Waals surface area contributed by atoms with Crippen molar-refractivity contribution in [2.75, 3.05) is 13.2 Å². The van der Waals surface area contributed by atoms with E-state index in [0.717, 1.165) is 19.4 Å². The number of hydrogen-bond acceptors (Lipinski definition) is 6. The van der Waals surface area contributed by atoms with Gasteiger partial charge in [0.25, 0.3) is 5.91 Å². The number of rotatable bonds is 7. The lowest BCUT2D eigenvalue weighted by molar-refractivity contribution is 0.0670. The fraction of sp³-hybridized carbons (Fsp3) is 0.353. The minimum atomic E-state index is -1.08. The molecule has 0 aliphatic carbocycles. The van der Waals surface area contributed by atoms with Crippen molar-refractivity contribution in [1.82, 2.24) is 10.3 Å². The molecule has 1 amide bonds. The summed E-state index contributed by atoms with van der Waals surface area (Å²) in [5, 5.41) is 13.6. The van der Waals surface area contributed by atoms with E-state index in [0.29, 0.717) is 22.9 Å². The van der Waals surface area contributed by atoms with E-state index in [9.17, 15) is 9.59 Å². The lowest BCUT2D eigenvalue weighted by Crippen LogP contribution is -2.24. The number of para-hydroxylation sites is 1. The monoisotopic (exact) mass is 362 g/mol. The van der Waals surface area contributed by atoms with Crippen molar-refractivity contribution in [2.45, 2.75) is 25.5 Å². The van der Waals surface area contributed by atoms with Crippen molar-refractivity contribution in [3.8, 4) is 5.75 Å². The number of amides is 1. The second kappa shape index (κ2) is 8.09. The van der Waals surface area contributed by atoms with Crippen molar-refractivity contribution < 1.29 is 24.2 Å². The number of thiazole rings is 1. The molecule has 2 heterocycles. The van der Waals surface area contributed by atoms with Crippen molar-refractivity contribution >= 4 is 23.2 Å². The first kappa shape index (κ1) is 17.4. The Kier molecular flexibility index (Phi) is 5.62. The summed E-state index contributed by atoms with van der Waals surface area (Å²) < 4.78 is 11.3. The van der Waals surface area contributed by atoms with E-state index in [1.165, 1.54) is 16.7 Å². The fourth-order valence-electron chi connectivity index (χ4n) is 2.48. The predicted octanol–water partition coefficient (Wildman–Crippen LogP) is 2.33. The Morgan fingerprint density at radius 3 is 2.96 bits per heavy atom. The quantitative estimate of drug-likeness (QED) is 0.784. The molecule has 1 aromatic heterocycles. The maximum absolute atomic E-state index is 12.4. The van der Waals surface area contributed by atoms with Crippen LogP contribution in [0.5, 0.6) is 5.75 Å². The molecule has 0 bridgehead atoms. The molecular weight excluding hydrogens is 344 g/mol. The topological polar surface area (TPSA) is 97.8 Å². The highest BCUT2D eigenvalue weighted by Crippen LogP contribution is 2.20. The summed E-state index contributed by atoms with van der Waals surface area (Å²) in [5.74, 6) is -0.877. The van der Waals surface area contributed by atoms with Crippen LogP contribution in [0.4, 0.5) is 0 Å². The Bertz CT molecular complexity index is 755. The molecule has 0 radical (unpaired) electrons. The molecule has 2 aromatic rings. The zero-order valence-corrected chi connectivity index (χ0v) is 14.3. The molecule has 1 aliphatic heterocycles. The first-order chi connectivity index (χ1) is 12.1. The van der Waals surface area contributed by atoms with Gasteiger partial charge < -0.3 is 19.9 Å². The van der Waals surface area contributed by atoms with E-state index >= 15 is 0 Å². The third kappa shape index (κ3) is 4.55. The molecule has 0 saturated carbocycles. The summed E-state index contributed by atoms with van der Waals surface area (Å²) >= 11 is 1.19. The summed E-state index contributed by atoms with van der Waals surface area (Å²) in [6.07, 6.45) is 2.06. The van der Waals surface area contributed by atoms with Gasteiger partial charge in [-0.15, -0.1) is 11.3 Å². The minimum absolute atomic E-state index is 0.0189. The second-order valence-electron chi connectivity index (χ2n) is 5.56. The highest BCUT2D eigenvalue weighted by atomic mass is 32.1. The molecule has 7 nitrogen and oxygen atoms in total. The minimum Gasteiger partial charge on any atom is -0.490 e. The van der Waals surface area contributed by atoms with Gasteiger partial charge in [-0.2, -0.15) is 0 Å². The SMILES string of the molecule is O=C(O)c1csc(CNC(=O)c2ccccc2OC[C@@H]2CCCO2)n1. The number of carbonyl (C=O) groups is 2. The van der Waals surface area contributed by atoms with Gasteiger partial charge in [0, 0.05) is 12.0 Å². The van der Waals surface area contributed by atoms with Crippen LogP contribution in [0.15, 0.2) is 29.6 Å². The average molecular weight is 362 g/mol. The lowest BCUT2D eigenvalue weighted by Gasteiger charge is -2.14. The molecule has 0 spiro atoms. The van der Waals surface area contributed by atoms with E-state index in [-0.39, 0.29) is 24.2 Å². The van der Waals surface area contributed by atoms with Gasteiger partial charge in [-0.05, 0) is 25.0 Å². The van der Waals surface area contributed by atoms with E-state index in [1.807, 2.05) is 6.07 Å². The van der Waals surface area contributed by atoms with Gasteiger partial charge in [-0.1, -0.05) is 12.1 Å². The molecule has 0 unspecified atom stereocenters. The Balaban J connectivity index is 1.59. The van der Waals surface area contributed by atoms with Gasteiger partial charge in [0.15, 0.2) is 5.69 Å². The standard InChI is InChI=1S/C17H18N2O5S/c20-16(18-8-15-19-13(10-25-15)17(21)22)12-5-1-2-6-14(12)24-9-11-4-3-7-23-11/h1-2,5-6,10-11H,3-4,7-9H2,(H,18,20)(H,21,22)/t11-/m0/s1. The van der Waals surface area contributed by atoms with E-state index in [1.54, 1.807) is 18.2 Å². The van der Waals surface area contributed by atoms with Crippen LogP contribution in [0.2, 0.25) is 0 Å². The van der Waals surface area contributed by atoms with Crippen molar-refractivity contribution in [3.63, 3.8) is 0 Å². The molecule has 2 N–H and O–H groups in total. The van der Waals surface area contributed by atoms with E-state index < -0.39 is 5.97 Å². The number of carbonyl (C=O) groups excluding carboxylic acids is 1. The van der Waals surface area contributed by atoms with Crippen molar-refractivity contribution in [3.05, 3.63) is 45.9 Å². The summed E-state index contributed by atoms with van der Waals surface area (Å²) in [6, 6.07) is 7.00. The molecule has 1 fully saturated rings. The zero-order valence-electron chi connectivity index (χ0n) is 13.4. The Morgan fingerprint density at radius 2 is 2.24 bits per heavy atom. The van der Waals surface area contributed by atoms with E-state index in [4.69, 9.17) is 14.6 Å². The fourth-order valence-corrected chi connectivity index (χ4v) is 3.19. The summed E-state index contributed by atoms with van der Waals surface area (Å²) in [5.41, 5.74) is 0.407. The van der Waals surface area contributed by atoms with Gasteiger partial charge in [0.1, 0.15) is 17.4 Å². The summed E-state index contributed by atoms with van der Waals surface area (Å²) in [4.78, 5) is 27.2. The number of nitrogens with zero attached hydrogens (tertiary/aromatic N) is 1. The highest BCUT2D eigenvalue weighted by Gasteiger charge is 2.18. The first-order valence-corrected chi connectivity index (χ1v) is 8.81. The van der Waals surface area contributed by atoms with Gasteiger partial charge in [0.2, 0.25) is 0 Å². The third-order valence-corrected chi connectivity index (χ3v) is 4.60. The van der Waals surface area contributed by atoms with Crippen LogP contribution >= 0.6 is 11.3 Å². The van der Waals surface area contributed by atoms with Crippen LogP contribution in [0.1, 0.15) is 38.7 Å². The normalized spacial score (nSPS) is 16.6. The van der Waals surface area contributed by atoms with Gasteiger partial charge in [-0.25, -0.2) is 9.78 Å². The van der Waals surface area contributed by atoms with Crippen LogP contribution in [0, 0.1) is 0 Å². The average Bonchev–Trinajstić information content (AvgIpc) is 3.30. The Labute approximate surface area is 148 Å². The number of hydrogen-bond donors (Lipinski definition) is 2. The van der Waals surface area contributed by atoms with Gasteiger partial charge in [0.05, 0.1) is 18.2 Å². The molecule has 8 heteroatoms. The highest BCUT2D eigenvalue weighted by molar-refractivity contribution is 7.09. The Hall–Kier alpha value is -2.45. The van der Waals surface area contributed by atoms with Crippen LogP contribution < -0.4 is 10.1 Å². The number of carboxylic acid groups (broad SMARTS) is 1. The largest absolute Gasteiger partial charge is 0.490 e. The maximum Gasteiger partial charge on any atom is 0.355 e. The molecule has 1 saturated heterocycles. The number of aromatic carboxylic acids is 1. The number of carboxylic acids is 1. The first-order valence-electron chi connectivity index (χ1n) is 7.93. The molecule has 132 valence electrons. The van der Waals surface area contributed by atoms with Crippen molar-refractivity contribution in [1.29, 1.82) is 0 Å². The van der Waals surface area contributed by atoms with Gasteiger partial charge >= 0.3 is 5.97 Å². The molecule has 1 atom stereocenters.